The number of rotatable bonds is 1. The van der Waals surface area contributed by atoms with Crippen LogP contribution in [-0.4, -0.2) is 28.1 Å². The number of esters is 1. The fourth-order valence-electron chi connectivity index (χ4n) is 7.25. The lowest BCUT2D eigenvalue weighted by Gasteiger charge is -2.64. The Morgan fingerprint density at radius 1 is 1.15 bits per heavy atom. The average Bonchev–Trinajstić information content (AvgIpc) is 2.86. The Bertz CT molecular complexity index is 637. The minimum Gasteiger partial charge on any atom is -0.462 e. The lowest BCUT2D eigenvalue weighted by Crippen LogP contribution is -2.65. The Labute approximate surface area is 166 Å². The van der Waals surface area contributed by atoms with E-state index >= 15 is 0 Å². The molecule has 26 heavy (non-hydrogen) atoms. The molecule has 0 heterocycles. The predicted octanol–water partition coefficient (Wildman–Crippen LogP) is 5.11. The Morgan fingerprint density at radius 3 is 2.58 bits per heavy atom. The summed E-state index contributed by atoms with van der Waals surface area (Å²) in [5.41, 5.74) is -0.205. The van der Waals surface area contributed by atoms with Gasteiger partial charge in [-0.25, -0.2) is 0 Å². The molecule has 146 valence electrons. The number of Topliss-reactive ketones (excluding diaryl/α,β-unsaturated/α-hetero) is 1. The van der Waals surface area contributed by atoms with Crippen molar-refractivity contribution in [1.82, 2.24) is 0 Å². The van der Waals surface area contributed by atoms with Crippen molar-refractivity contribution in [2.24, 2.45) is 28.6 Å². The highest BCUT2D eigenvalue weighted by molar-refractivity contribution is 6.33. The van der Waals surface area contributed by atoms with E-state index in [2.05, 4.69) is 13.8 Å². The van der Waals surface area contributed by atoms with Crippen LogP contribution in [0.25, 0.3) is 0 Å². The number of hydrogen-bond donors (Lipinski definition) is 0. The second kappa shape index (κ2) is 6.11. The molecule has 0 spiro atoms. The van der Waals surface area contributed by atoms with Crippen molar-refractivity contribution in [2.75, 3.05) is 0 Å². The summed E-state index contributed by atoms with van der Waals surface area (Å²) < 4.78 is 5.51. The van der Waals surface area contributed by atoms with Gasteiger partial charge in [-0.1, -0.05) is 13.8 Å². The highest BCUT2D eigenvalue weighted by atomic mass is 35.5. The summed E-state index contributed by atoms with van der Waals surface area (Å²) in [5, 5.41) is -0.146. The second-order valence-corrected chi connectivity index (χ2v) is 11.0. The van der Waals surface area contributed by atoms with E-state index in [0.717, 1.165) is 44.9 Å². The quantitative estimate of drug-likeness (QED) is 0.453. The number of carbonyl (C=O) groups is 2. The van der Waals surface area contributed by atoms with Crippen LogP contribution < -0.4 is 0 Å². The number of alkyl halides is 2. The van der Waals surface area contributed by atoms with E-state index in [0.29, 0.717) is 30.0 Å². The summed E-state index contributed by atoms with van der Waals surface area (Å²) in [7, 11) is 0. The molecule has 8 atom stereocenters. The van der Waals surface area contributed by atoms with Crippen LogP contribution >= 0.6 is 23.2 Å². The molecule has 5 heteroatoms. The van der Waals surface area contributed by atoms with Crippen LogP contribution in [0.4, 0.5) is 0 Å². The molecular formula is C21H30Cl2O3. The Morgan fingerprint density at radius 2 is 1.88 bits per heavy atom. The van der Waals surface area contributed by atoms with Gasteiger partial charge < -0.3 is 4.74 Å². The third-order valence-electron chi connectivity index (χ3n) is 8.73. The summed E-state index contributed by atoms with van der Waals surface area (Å²) >= 11 is 14.2. The lowest BCUT2D eigenvalue weighted by atomic mass is 9.44. The van der Waals surface area contributed by atoms with Crippen molar-refractivity contribution >= 4 is 35.0 Å². The van der Waals surface area contributed by atoms with Gasteiger partial charge >= 0.3 is 5.97 Å². The first-order valence-electron chi connectivity index (χ1n) is 10.2. The van der Waals surface area contributed by atoms with Crippen LogP contribution in [0.1, 0.15) is 72.1 Å². The van der Waals surface area contributed by atoms with E-state index in [-0.39, 0.29) is 28.3 Å². The molecule has 0 aromatic heterocycles. The monoisotopic (exact) mass is 400 g/mol. The molecule has 0 bridgehead atoms. The first kappa shape index (κ1) is 19.1. The maximum absolute atomic E-state index is 12.6. The van der Waals surface area contributed by atoms with E-state index in [1.807, 2.05) is 0 Å². The number of halogens is 2. The largest absolute Gasteiger partial charge is 0.462 e. The first-order valence-corrected chi connectivity index (χ1v) is 11.0. The summed E-state index contributed by atoms with van der Waals surface area (Å²) in [4.78, 5) is 23.4. The molecule has 0 saturated heterocycles. The average molecular weight is 401 g/mol. The molecule has 0 aromatic carbocycles. The van der Waals surface area contributed by atoms with Crippen molar-refractivity contribution in [3.8, 4) is 0 Å². The zero-order valence-electron chi connectivity index (χ0n) is 16.0. The highest BCUT2D eigenvalue weighted by Crippen LogP contribution is 2.69. The van der Waals surface area contributed by atoms with Gasteiger partial charge in [-0.2, -0.15) is 0 Å². The molecule has 3 unspecified atom stereocenters. The van der Waals surface area contributed by atoms with Gasteiger partial charge in [0.05, 0.1) is 10.3 Å². The molecule has 4 fully saturated rings. The molecule has 0 N–H and O–H groups in total. The zero-order chi connectivity index (χ0) is 18.9. The third kappa shape index (κ3) is 2.45. The van der Waals surface area contributed by atoms with Crippen LogP contribution in [0.3, 0.4) is 0 Å². The Hall–Kier alpha value is -0.280. The van der Waals surface area contributed by atoms with E-state index in [4.69, 9.17) is 27.9 Å². The van der Waals surface area contributed by atoms with Crippen LogP contribution in [0, 0.1) is 28.6 Å². The SMILES string of the molecule is CC(=O)O[C@H]1CC[C@]2(C)C3CC[C@]4(C)C(=O)CCC4C3C[C@@H](Cl)[C@@]2(Cl)C1. The third-order valence-corrected chi connectivity index (χ3v) is 10.2. The summed E-state index contributed by atoms with van der Waals surface area (Å²) in [6.07, 6.45) is 6.99. The van der Waals surface area contributed by atoms with Crippen molar-refractivity contribution in [3.05, 3.63) is 0 Å². The smallest absolute Gasteiger partial charge is 0.302 e. The fraction of sp³-hybridized carbons (Fsp3) is 0.905. The minimum atomic E-state index is -0.537. The van der Waals surface area contributed by atoms with E-state index in [1.54, 1.807) is 0 Å². The van der Waals surface area contributed by atoms with Crippen LogP contribution in [-0.2, 0) is 14.3 Å². The van der Waals surface area contributed by atoms with E-state index in [9.17, 15) is 9.59 Å². The van der Waals surface area contributed by atoms with Crippen molar-refractivity contribution < 1.29 is 14.3 Å². The number of hydrogen-bond acceptors (Lipinski definition) is 3. The van der Waals surface area contributed by atoms with E-state index in [1.165, 1.54) is 6.92 Å². The molecule has 4 rings (SSSR count). The van der Waals surface area contributed by atoms with Gasteiger partial charge in [0.15, 0.2) is 0 Å². The Kier molecular flexibility index (Phi) is 4.48. The van der Waals surface area contributed by atoms with Crippen molar-refractivity contribution in [1.29, 1.82) is 0 Å². The second-order valence-electron chi connectivity index (χ2n) is 9.75. The number of ether oxygens (including phenoxy) is 1. The molecule has 0 amide bonds. The Balaban J connectivity index is 1.65. The molecule has 0 radical (unpaired) electrons. The van der Waals surface area contributed by atoms with Crippen LogP contribution in [0.5, 0.6) is 0 Å². The molecule has 0 aromatic rings. The van der Waals surface area contributed by atoms with Gasteiger partial charge in [0.2, 0.25) is 0 Å². The minimum absolute atomic E-state index is 0.0620. The normalized spacial score (nSPS) is 53.4. The molecule has 4 aliphatic rings. The zero-order valence-corrected chi connectivity index (χ0v) is 17.5. The number of ketones is 1. The first-order chi connectivity index (χ1) is 12.1. The van der Waals surface area contributed by atoms with Crippen molar-refractivity contribution in [2.45, 2.75) is 88.5 Å². The van der Waals surface area contributed by atoms with Gasteiger partial charge in [0, 0.05) is 25.2 Å². The van der Waals surface area contributed by atoms with Crippen molar-refractivity contribution in [3.63, 3.8) is 0 Å². The summed E-state index contributed by atoms with van der Waals surface area (Å²) in [6.45, 7) is 5.97. The maximum Gasteiger partial charge on any atom is 0.302 e. The topological polar surface area (TPSA) is 43.4 Å². The molecule has 0 aliphatic heterocycles. The standard InChI is InChI=1S/C21H30Cl2O3/c1-12(24)26-13-6-9-20(3)16-7-8-19(2)15(4-5-18(19)25)14(16)10-17(22)21(20,23)11-13/h13-17H,4-11H2,1-3H3/t13-,14?,15?,16?,17+,19-,20+,21-/m0/s1. The van der Waals surface area contributed by atoms with E-state index < -0.39 is 4.87 Å². The molecular weight excluding hydrogens is 371 g/mol. The number of carbonyl (C=O) groups excluding carboxylic acids is 2. The maximum atomic E-state index is 12.6. The van der Waals surface area contributed by atoms with Gasteiger partial charge in [0.1, 0.15) is 11.9 Å². The fourth-order valence-corrected chi connectivity index (χ4v) is 8.29. The van der Waals surface area contributed by atoms with Crippen LogP contribution in [0.15, 0.2) is 0 Å². The molecule has 4 saturated carbocycles. The summed E-state index contributed by atoms with van der Waals surface area (Å²) in [6, 6.07) is 0. The lowest BCUT2D eigenvalue weighted by molar-refractivity contribution is -0.156. The number of fused-ring (bicyclic) bond motifs is 5. The molecule has 3 nitrogen and oxygen atoms in total. The highest BCUT2D eigenvalue weighted by Gasteiger charge is 2.67. The van der Waals surface area contributed by atoms with Gasteiger partial charge in [-0.15, -0.1) is 23.2 Å². The van der Waals surface area contributed by atoms with Crippen LogP contribution in [0.2, 0.25) is 0 Å². The summed E-state index contributed by atoms with van der Waals surface area (Å²) in [5.74, 6) is 1.68. The van der Waals surface area contributed by atoms with Gasteiger partial charge in [-0.05, 0) is 61.7 Å². The van der Waals surface area contributed by atoms with Gasteiger partial charge in [-0.3, -0.25) is 9.59 Å². The predicted molar refractivity (Wildman–Crippen MR) is 102 cm³/mol. The van der Waals surface area contributed by atoms with Gasteiger partial charge in [0.25, 0.3) is 0 Å². The molecule has 4 aliphatic carbocycles.